The summed E-state index contributed by atoms with van der Waals surface area (Å²) in [4.78, 5) is 28.9. The van der Waals surface area contributed by atoms with Crippen molar-refractivity contribution in [1.82, 2.24) is 10.2 Å². The molecular weight excluding hydrogens is 578 g/mol. The van der Waals surface area contributed by atoms with Crippen LogP contribution in [0.1, 0.15) is 45.2 Å². The van der Waals surface area contributed by atoms with Crippen LogP contribution in [0.4, 0.5) is 5.69 Å². The zero-order chi connectivity index (χ0) is 28.8. The van der Waals surface area contributed by atoms with Crippen LogP contribution in [0.25, 0.3) is 0 Å². The average Bonchev–Trinajstić information content (AvgIpc) is 2.87. The molecule has 1 atom stereocenters. The van der Waals surface area contributed by atoms with Gasteiger partial charge in [-0.2, -0.15) is 0 Å². The summed E-state index contributed by atoms with van der Waals surface area (Å²) in [6.07, 6.45) is 0.365. The van der Waals surface area contributed by atoms with E-state index in [9.17, 15) is 18.0 Å². The number of halogens is 1. The molecule has 0 radical (unpaired) electrons. The molecule has 0 heterocycles. The van der Waals surface area contributed by atoms with Gasteiger partial charge in [-0.05, 0) is 76.1 Å². The van der Waals surface area contributed by atoms with Crippen LogP contribution in [0.2, 0.25) is 0 Å². The van der Waals surface area contributed by atoms with E-state index in [0.29, 0.717) is 12.1 Å². The molecule has 7 nitrogen and oxygen atoms in total. The summed E-state index contributed by atoms with van der Waals surface area (Å²) in [5, 5.41) is 2.97. The fourth-order valence-electron chi connectivity index (χ4n) is 4.13. The summed E-state index contributed by atoms with van der Waals surface area (Å²) >= 11 is 3.39. The Hall–Kier alpha value is -3.17. The standard InChI is InChI=1S/C30H36BrN3O4S/c1-6-27(29(36)32-30(3,4)5)33(20-23-10-8-7-9-11-23)28(35)21-34(25-16-14-24(31)15-17-25)39(37,38)26-18-12-22(2)13-19-26/h7-19,27H,6,20-21H2,1-5H3,(H,32,36)/t27-/m1/s1. The minimum Gasteiger partial charge on any atom is -0.350 e. The maximum absolute atomic E-state index is 14.0. The Labute approximate surface area is 240 Å². The number of benzene rings is 3. The van der Waals surface area contributed by atoms with Crippen LogP contribution in [0.5, 0.6) is 0 Å². The van der Waals surface area contributed by atoms with Crippen molar-refractivity contribution in [2.45, 2.75) is 64.1 Å². The topological polar surface area (TPSA) is 86.8 Å². The van der Waals surface area contributed by atoms with Gasteiger partial charge in [0.25, 0.3) is 10.0 Å². The van der Waals surface area contributed by atoms with E-state index in [1.54, 1.807) is 36.4 Å². The third-order valence-electron chi connectivity index (χ3n) is 6.08. The normalized spacial score (nSPS) is 12.5. The maximum Gasteiger partial charge on any atom is 0.264 e. The van der Waals surface area contributed by atoms with Gasteiger partial charge in [-0.3, -0.25) is 13.9 Å². The van der Waals surface area contributed by atoms with Crippen LogP contribution in [0.15, 0.2) is 88.2 Å². The summed E-state index contributed by atoms with van der Waals surface area (Å²) in [5.74, 6) is -0.765. The monoisotopic (exact) mass is 613 g/mol. The number of sulfonamides is 1. The van der Waals surface area contributed by atoms with Crippen LogP contribution >= 0.6 is 15.9 Å². The van der Waals surface area contributed by atoms with Gasteiger partial charge < -0.3 is 10.2 Å². The first kappa shape index (κ1) is 30.4. The quantitative estimate of drug-likeness (QED) is 0.319. The molecule has 0 saturated heterocycles. The van der Waals surface area contributed by atoms with Crippen LogP contribution in [0, 0.1) is 6.92 Å². The Kier molecular flexibility index (Phi) is 9.96. The van der Waals surface area contributed by atoms with Gasteiger partial charge in [0.1, 0.15) is 12.6 Å². The molecule has 0 aliphatic rings. The van der Waals surface area contributed by atoms with Crippen LogP contribution in [-0.2, 0) is 26.2 Å². The number of anilines is 1. The fraction of sp³-hybridized carbons (Fsp3) is 0.333. The van der Waals surface area contributed by atoms with Crippen LogP contribution in [-0.4, -0.2) is 43.3 Å². The highest BCUT2D eigenvalue weighted by Crippen LogP contribution is 2.26. The molecule has 0 saturated carbocycles. The predicted octanol–water partition coefficient (Wildman–Crippen LogP) is 5.67. The van der Waals surface area contributed by atoms with Crippen molar-refractivity contribution >= 4 is 43.5 Å². The highest BCUT2D eigenvalue weighted by atomic mass is 79.9. The van der Waals surface area contributed by atoms with E-state index in [1.807, 2.05) is 65.0 Å². The van der Waals surface area contributed by atoms with Crippen LogP contribution < -0.4 is 9.62 Å². The SMILES string of the molecule is CC[C@H](C(=O)NC(C)(C)C)N(Cc1ccccc1)C(=O)CN(c1ccc(Br)cc1)S(=O)(=O)c1ccc(C)cc1. The molecule has 2 amide bonds. The number of carbonyl (C=O) groups excluding carboxylic acids is 2. The van der Waals surface area contributed by atoms with Crippen molar-refractivity contribution < 1.29 is 18.0 Å². The average molecular weight is 615 g/mol. The van der Waals surface area contributed by atoms with E-state index in [-0.39, 0.29) is 17.3 Å². The lowest BCUT2D eigenvalue weighted by Crippen LogP contribution is -2.55. The van der Waals surface area contributed by atoms with Crippen LogP contribution in [0.3, 0.4) is 0 Å². The van der Waals surface area contributed by atoms with Crippen molar-refractivity contribution in [1.29, 1.82) is 0 Å². The first-order valence-electron chi connectivity index (χ1n) is 12.8. The van der Waals surface area contributed by atoms with Gasteiger partial charge in [-0.25, -0.2) is 8.42 Å². The smallest absolute Gasteiger partial charge is 0.264 e. The van der Waals surface area contributed by atoms with Crippen molar-refractivity contribution in [3.8, 4) is 0 Å². The summed E-state index contributed by atoms with van der Waals surface area (Å²) in [5.41, 5.74) is 1.61. The molecular formula is C30H36BrN3O4S. The molecule has 0 aliphatic heterocycles. The largest absolute Gasteiger partial charge is 0.350 e. The van der Waals surface area contributed by atoms with Crippen molar-refractivity contribution in [3.05, 3.63) is 94.5 Å². The van der Waals surface area contributed by atoms with Gasteiger partial charge in [0, 0.05) is 16.6 Å². The number of rotatable bonds is 10. The maximum atomic E-state index is 14.0. The molecule has 0 unspecified atom stereocenters. The molecule has 0 fully saturated rings. The Morgan fingerprint density at radius 1 is 0.923 bits per heavy atom. The first-order valence-corrected chi connectivity index (χ1v) is 15.1. The predicted molar refractivity (Wildman–Crippen MR) is 159 cm³/mol. The van der Waals surface area contributed by atoms with Gasteiger partial charge >= 0.3 is 0 Å². The molecule has 0 spiro atoms. The lowest BCUT2D eigenvalue weighted by Gasteiger charge is -2.34. The van der Waals surface area contributed by atoms with E-state index in [4.69, 9.17) is 0 Å². The molecule has 0 aromatic heterocycles. The minimum atomic E-state index is -4.10. The third kappa shape index (κ3) is 8.16. The Bertz CT molecular complexity index is 1370. The van der Waals surface area contributed by atoms with E-state index >= 15 is 0 Å². The molecule has 39 heavy (non-hydrogen) atoms. The Morgan fingerprint density at radius 3 is 2.05 bits per heavy atom. The summed E-state index contributed by atoms with van der Waals surface area (Å²) in [7, 11) is -4.10. The van der Waals surface area contributed by atoms with Gasteiger partial charge in [-0.15, -0.1) is 0 Å². The number of hydrogen-bond acceptors (Lipinski definition) is 4. The second kappa shape index (κ2) is 12.8. The van der Waals surface area contributed by atoms with Gasteiger partial charge in [0.05, 0.1) is 10.6 Å². The number of aryl methyl sites for hydroxylation is 1. The number of carbonyl (C=O) groups is 2. The number of nitrogens with zero attached hydrogens (tertiary/aromatic N) is 2. The zero-order valence-electron chi connectivity index (χ0n) is 23.0. The van der Waals surface area contributed by atoms with Crippen molar-refractivity contribution in [3.63, 3.8) is 0 Å². The van der Waals surface area contributed by atoms with Gasteiger partial charge in [-0.1, -0.05) is 70.9 Å². The summed E-state index contributed by atoms with van der Waals surface area (Å²) in [6.45, 7) is 9.05. The van der Waals surface area contributed by atoms with E-state index in [2.05, 4.69) is 21.2 Å². The van der Waals surface area contributed by atoms with Crippen molar-refractivity contribution in [2.24, 2.45) is 0 Å². The van der Waals surface area contributed by atoms with E-state index in [1.165, 1.54) is 17.0 Å². The molecule has 0 aliphatic carbocycles. The molecule has 3 aromatic carbocycles. The number of amides is 2. The summed E-state index contributed by atoms with van der Waals surface area (Å²) < 4.78 is 29.6. The van der Waals surface area contributed by atoms with E-state index in [0.717, 1.165) is 19.9 Å². The molecule has 3 rings (SSSR count). The van der Waals surface area contributed by atoms with Gasteiger partial charge in [0.15, 0.2) is 0 Å². The molecule has 3 aromatic rings. The second-order valence-corrected chi connectivity index (χ2v) is 13.2. The Balaban J connectivity index is 2.05. The molecule has 9 heteroatoms. The first-order chi connectivity index (χ1) is 18.3. The van der Waals surface area contributed by atoms with Crippen molar-refractivity contribution in [2.75, 3.05) is 10.8 Å². The highest BCUT2D eigenvalue weighted by molar-refractivity contribution is 9.10. The lowest BCUT2D eigenvalue weighted by molar-refractivity contribution is -0.141. The van der Waals surface area contributed by atoms with E-state index < -0.39 is 34.1 Å². The summed E-state index contributed by atoms with van der Waals surface area (Å²) in [6, 6.07) is 21.8. The third-order valence-corrected chi connectivity index (χ3v) is 8.40. The molecule has 1 N–H and O–H groups in total. The fourth-order valence-corrected chi connectivity index (χ4v) is 5.80. The number of nitrogens with one attached hydrogen (secondary N) is 1. The number of hydrogen-bond donors (Lipinski definition) is 1. The zero-order valence-corrected chi connectivity index (χ0v) is 25.4. The minimum absolute atomic E-state index is 0.0796. The molecule has 208 valence electrons. The lowest BCUT2D eigenvalue weighted by atomic mass is 10.1. The molecule has 0 bridgehead atoms. The second-order valence-electron chi connectivity index (χ2n) is 10.5. The van der Waals surface area contributed by atoms with Gasteiger partial charge in [0.2, 0.25) is 11.8 Å². The highest BCUT2D eigenvalue weighted by Gasteiger charge is 2.34. The Morgan fingerprint density at radius 2 is 1.51 bits per heavy atom.